The maximum Gasteiger partial charge on any atom is 0.254 e. The molecule has 0 aromatic carbocycles. The first-order valence-corrected chi connectivity index (χ1v) is 8.42. The summed E-state index contributed by atoms with van der Waals surface area (Å²) in [6, 6.07) is 3.91. The molecule has 0 radical (unpaired) electrons. The van der Waals surface area contributed by atoms with E-state index < -0.39 is 0 Å². The number of piperidine rings is 1. The van der Waals surface area contributed by atoms with E-state index in [-0.39, 0.29) is 11.7 Å². The Hall–Kier alpha value is -2.21. The first-order chi connectivity index (χ1) is 11.5. The van der Waals surface area contributed by atoms with Gasteiger partial charge in [0.2, 0.25) is 0 Å². The number of anilines is 1. The topological polar surface area (TPSA) is 82.1 Å². The normalized spacial score (nSPS) is 17.1. The molecule has 0 saturated carbocycles. The highest BCUT2D eigenvalue weighted by Gasteiger charge is 2.23. The van der Waals surface area contributed by atoms with Crippen LogP contribution in [0.4, 0.5) is 5.82 Å². The second kappa shape index (κ2) is 6.73. The monoisotopic (exact) mass is 328 g/mol. The summed E-state index contributed by atoms with van der Waals surface area (Å²) in [5, 5.41) is 9.69. The number of aliphatic hydroxyl groups is 1. The Morgan fingerprint density at radius 3 is 2.54 bits per heavy atom. The van der Waals surface area contributed by atoms with E-state index in [1.54, 1.807) is 13.1 Å². The Morgan fingerprint density at radius 1 is 1.29 bits per heavy atom. The van der Waals surface area contributed by atoms with Crippen LogP contribution in [-0.2, 0) is 0 Å². The molecule has 2 N–H and O–H groups in total. The third-order valence-corrected chi connectivity index (χ3v) is 4.96. The van der Waals surface area contributed by atoms with Crippen molar-refractivity contribution in [1.82, 2.24) is 15.0 Å². The van der Waals surface area contributed by atoms with Crippen molar-refractivity contribution < 1.29 is 5.11 Å². The number of pyridine rings is 1. The summed E-state index contributed by atoms with van der Waals surface area (Å²) in [5.41, 5.74) is 2.07. The highest BCUT2D eigenvalue weighted by Crippen LogP contribution is 2.25. The number of aromatic nitrogens is 3. The SMILES string of the molecule is Cc1nc(-c2ccc(N3CCC(C(C)O)CC3)nc2)[nH]c(=O)c1C. The summed E-state index contributed by atoms with van der Waals surface area (Å²) in [6.45, 7) is 7.28. The number of nitrogens with zero attached hydrogens (tertiary/aromatic N) is 3. The van der Waals surface area contributed by atoms with Crippen molar-refractivity contribution in [2.45, 2.75) is 39.7 Å². The fourth-order valence-electron chi connectivity index (χ4n) is 3.11. The van der Waals surface area contributed by atoms with E-state index in [1.165, 1.54) is 0 Å². The van der Waals surface area contributed by atoms with E-state index >= 15 is 0 Å². The van der Waals surface area contributed by atoms with Crippen LogP contribution in [0, 0.1) is 19.8 Å². The smallest absolute Gasteiger partial charge is 0.254 e. The number of aromatic amines is 1. The van der Waals surface area contributed by atoms with Gasteiger partial charge < -0.3 is 15.0 Å². The van der Waals surface area contributed by atoms with E-state index in [0.29, 0.717) is 17.3 Å². The van der Waals surface area contributed by atoms with Crippen LogP contribution in [0.25, 0.3) is 11.4 Å². The van der Waals surface area contributed by atoms with Crippen molar-refractivity contribution in [3.8, 4) is 11.4 Å². The molecule has 6 heteroatoms. The van der Waals surface area contributed by atoms with Gasteiger partial charge in [0.25, 0.3) is 5.56 Å². The van der Waals surface area contributed by atoms with Crippen molar-refractivity contribution in [2.75, 3.05) is 18.0 Å². The Bertz CT molecular complexity index is 760. The summed E-state index contributed by atoms with van der Waals surface area (Å²) >= 11 is 0. The molecule has 3 rings (SSSR count). The van der Waals surface area contributed by atoms with Gasteiger partial charge in [-0.2, -0.15) is 0 Å². The Morgan fingerprint density at radius 2 is 2.00 bits per heavy atom. The van der Waals surface area contributed by atoms with Gasteiger partial charge in [-0.05, 0) is 51.7 Å². The van der Waals surface area contributed by atoms with Crippen LogP contribution in [0.2, 0.25) is 0 Å². The van der Waals surface area contributed by atoms with Gasteiger partial charge in [0.1, 0.15) is 11.6 Å². The van der Waals surface area contributed by atoms with Crippen molar-refractivity contribution >= 4 is 5.82 Å². The second-order valence-electron chi connectivity index (χ2n) is 6.60. The minimum atomic E-state index is -0.241. The van der Waals surface area contributed by atoms with E-state index in [2.05, 4.69) is 19.9 Å². The molecule has 1 aliphatic heterocycles. The maximum absolute atomic E-state index is 11.9. The molecule has 24 heavy (non-hydrogen) atoms. The van der Waals surface area contributed by atoms with Gasteiger partial charge in [-0.15, -0.1) is 0 Å². The minimum absolute atomic E-state index is 0.109. The number of hydrogen-bond acceptors (Lipinski definition) is 5. The van der Waals surface area contributed by atoms with E-state index in [1.807, 2.05) is 26.0 Å². The summed E-state index contributed by atoms with van der Waals surface area (Å²) in [7, 11) is 0. The van der Waals surface area contributed by atoms with Crippen molar-refractivity contribution in [1.29, 1.82) is 0 Å². The number of nitrogens with one attached hydrogen (secondary N) is 1. The standard InChI is InChI=1S/C18H24N4O2/c1-11-12(2)20-17(21-18(11)24)15-4-5-16(19-10-15)22-8-6-14(7-9-22)13(3)23/h4-5,10,13-14,23H,6-9H2,1-3H3,(H,20,21,24). The zero-order valence-corrected chi connectivity index (χ0v) is 14.4. The first kappa shape index (κ1) is 16.6. The predicted octanol–water partition coefficient (Wildman–Crippen LogP) is 2.05. The number of H-pyrrole nitrogens is 1. The molecule has 1 atom stereocenters. The molecular formula is C18H24N4O2. The van der Waals surface area contributed by atoms with Gasteiger partial charge in [0, 0.05) is 36.1 Å². The van der Waals surface area contributed by atoms with Crippen LogP contribution >= 0.6 is 0 Å². The Balaban J connectivity index is 1.76. The molecule has 1 fully saturated rings. The molecule has 0 spiro atoms. The van der Waals surface area contributed by atoms with E-state index in [9.17, 15) is 9.90 Å². The quantitative estimate of drug-likeness (QED) is 0.901. The molecule has 1 saturated heterocycles. The highest BCUT2D eigenvalue weighted by molar-refractivity contribution is 5.56. The van der Waals surface area contributed by atoms with Crippen molar-refractivity contribution in [3.63, 3.8) is 0 Å². The lowest BCUT2D eigenvalue weighted by Gasteiger charge is -2.34. The van der Waals surface area contributed by atoms with E-state index in [4.69, 9.17) is 0 Å². The summed E-state index contributed by atoms with van der Waals surface area (Å²) in [5.74, 6) is 1.86. The first-order valence-electron chi connectivity index (χ1n) is 8.42. The lowest BCUT2D eigenvalue weighted by molar-refractivity contribution is 0.110. The molecule has 1 unspecified atom stereocenters. The second-order valence-corrected chi connectivity index (χ2v) is 6.60. The molecule has 2 aromatic rings. The molecule has 2 aromatic heterocycles. The van der Waals surface area contributed by atoms with Crippen LogP contribution < -0.4 is 10.5 Å². The number of aliphatic hydroxyl groups excluding tert-OH is 1. The fourth-order valence-corrected chi connectivity index (χ4v) is 3.11. The van der Waals surface area contributed by atoms with Gasteiger partial charge in [-0.1, -0.05) is 0 Å². The number of rotatable bonds is 3. The van der Waals surface area contributed by atoms with Crippen LogP contribution in [0.5, 0.6) is 0 Å². The molecule has 128 valence electrons. The van der Waals surface area contributed by atoms with E-state index in [0.717, 1.165) is 43.0 Å². The molecule has 6 nitrogen and oxygen atoms in total. The molecule has 0 amide bonds. The lowest BCUT2D eigenvalue weighted by atomic mass is 9.92. The zero-order chi connectivity index (χ0) is 17.3. The number of hydrogen-bond donors (Lipinski definition) is 2. The third-order valence-electron chi connectivity index (χ3n) is 4.96. The Labute approximate surface area is 141 Å². The zero-order valence-electron chi connectivity index (χ0n) is 14.4. The lowest BCUT2D eigenvalue weighted by Crippen LogP contribution is -2.37. The third kappa shape index (κ3) is 3.33. The molecule has 0 aliphatic carbocycles. The van der Waals surface area contributed by atoms with Gasteiger partial charge in [0.15, 0.2) is 0 Å². The molecule has 1 aliphatic rings. The summed E-state index contributed by atoms with van der Waals surface area (Å²) in [6.07, 6.45) is 3.47. The van der Waals surface area contributed by atoms with Crippen LogP contribution in [0.15, 0.2) is 23.1 Å². The van der Waals surface area contributed by atoms with Gasteiger partial charge in [-0.3, -0.25) is 4.79 Å². The number of aryl methyl sites for hydroxylation is 1. The van der Waals surface area contributed by atoms with Crippen molar-refractivity contribution in [2.24, 2.45) is 5.92 Å². The van der Waals surface area contributed by atoms with Crippen molar-refractivity contribution in [3.05, 3.63) is 39.9 Å². The van der Waals surface area contributed by atoms with Crippen LogP contribution in [0.1, 0.15) is 31.0 Å². The largest absolute Gasteiger partial charge is 0.393 e. The summed E-state index contributed by atoms with van der Waals surface area (Å²) in [4.78, 5) is 25.9. The summed E-state index contributed by atoms with van der Waals surface area (Å²) < 4.78 is 0. The average Bonchev–Trinajstić information content (AvgIpc) is 2.59. The van der Waals surface area contributed by atoms with Crippen LogP contribution in [-0.4, -0.2) is 39.3 Å². The van der Waals surface area contributed by atoms with Crippen LogP contribution in [0.3, 0.4) is 0 Å². The fraction of sp³-hybridized carbons (Fsp3) is 0.500. The Kier molecular flexibility index (Phi) is 4.66. The van der Waals surface area contributed by atoms with Gasteiger partial charge >= 0.3 is 0 Å². The maximum atomic E-state index is 11.9. The van der Waals surface area contributed by atoms with Gasteiger partial charge in [0.05, 0.1) is 6.10 Å². The van der Waals surface area contributed by atoms with Gasteiger partial charge in [-0.25, -0.2) is 9.97 Å². The molecular weight excluding hydrogens is 304 g/mol. The minimum Gasteiger partial charge on any atom is -0.393 e. The average molecular weight is 328 g/mol. The molecule has 3 heterocycles. The predicted molar refractivity (Wildman–Crippen MR) is 94.2 cm³/mol. The highest BCUT2D eigenvalue weighted by atomic mass is 16.3. The molecule has 0 bridgehead atoms.